The van der Waals surface area contributed by atoms with Crippen molar-refractivity contribution >= 4 is 21.8 Å². The molecule has 1 saturated heterocycles. The lowest BCUT2D eigenvalue weighted by atomic mass is 10.0. The van der Waals surface area contributed by atoms with Crippen LogP contribution in [0.4, 0.5) is 4.39 Å². The molecule has 1 heterocycles. The maximum Gasteiger partial charge on any atom is 0.257 e. The van der Waals surface area contributed by atoms with Gasteiger partial charge >= 0.3 is 0 Å². The molecule has 5 heteroatoms. The maximum atomic E-state index is 14.0. The Balaban J connectivity index is 2.14. The van der Waals surface area contributed by atoms with Gasteiger partial charge in [-0.05, 0) is 51.4 Å². The Bertz CT molecular complexity index is 501. The fourth-order valence-corrected chi connectivity index (χ4v) is 3.00. The van der Waals surface area contributed by atoms with Crippen LogP contribution >= 0.6 is 15.9 Å². The van der Waals surface area contributed by atoms with Crippen molar-refractivity contribution in [2.75, 3.05) is 13.1 Å². The first-order valence-electron chi connectivity index (χ1n) is 7.48. The molecule has 3 nitrogen and oxygen atoms in total. The molecule has 0 aromatic heterocycles. The summed E-state index contributed by atoms with van der Waals surface area (Å²) in [4.78, 5) is 14.4. The van der Waals surface area contributed by atoms with E-state index < -0.39 is 5.82 Å². The minimum Gasteiger partial charge on any atom is -0.335 e. The normalized spacial score (nSPS) is 18.8. The van der Waals surface area contributed by atoms with Gasteiger partial charge in [0.2, 0.25) is 0 Å². The van der Waals surface area contributed by atoms with Crippen molar-refractivity contribution in [1.82, 2.24) is 10.2 Å². The minimum absolute atomic E-state index is 0.0456. The molecule has 1 aliphatic rings. The highest BCUT2D eigenvalue weighted by Crippen LogP contribution is 2.19. The average Bonchev–Trinajstić information content (AvgIpc) is 2.45. The summed E-state index contributed by atoms with van der Waals surface area (Å²) in [6, 6.07) is 4.94. The Morgan fingerprint density at radius 2 is 2.24 bits per heavy atom. The second kappa shape index (κ2) is 7.36. The molecule has 1 unspecified atom stereocenters. The molecule has 21 heavy (non-hydrogen) atoms. The van der Waals surface area contributed by atoms with E-state index in [1.807, 2.05) is 13.8 Å². The highest BCUT2D eigenvalue weighted by atomic mass is 79.9. The lowest BCUT2D eigenvalue weighted by molar-refractivity contribution is 0.0672. The van der Waals surface area contributed by atoms with E-state index in [1.165, 1.54) is 18.9 Å². The number of nitrogens with one attached hydrogen (secondary N) is 1. The van der Waals surface area contributed by atoms with Crippen LogP contribution in [-0.2, 0) is 0 Å². The zero-order chi connectivity index (χ0) is 15.4. The van der Waals surface area contributed by atoms with Crippen LogP contribution in [0, 0.1) is 5.82 Å². The molecule has 1 atom stereocenters. The number of piperidine rings is 1. The molecule has 0 radical (unpaired) electrons. The molecule has 1 aromatic rings. The SMILES string of the molecule is CC(C)N(CC1CCCCN1)C(=O)c1ccc(Br)cc1F. The van der Waals surface area contributed by atoms with Crippen LogP contribution in [0.5, 0.6) is 0 Å². The molecule has 0 aliphatic carbocycles. The third-order valence-electron chi connectivity index (χ3n) is 3.88. The molecule has 1 aromatic carbocycles. The van der Waals surface area contributed by atoms with E-state index in [2.05, 4.69) is 21.2 Å². The molecule has 0 saturated carbocycles. The standard InChI is InChI=1S/C16H22BrFN2O/c1-11(2)20(10-13-5-3-4-8-19-13)16(21)14-7-6-12(17)9-15(14)18/h6-7,9,11,13,19H,3-5,8,10H2,1-2H3. The van der Waals surface area contributed by atoms with Crippen molar-refractivity contribution in [3.63, 3.8) is 0 Å². The first kappa shape index (κ1) is 16.4. The molecule has 2 rings (SSSR count). The summed E-state index contributed by atoms with van der Waals surface area (Å²) in [5.41, 5.74) is 0.141. The van der Waals surface area contributed by atoms with E-state index in [4.69, 9.17) is 0 Å². The lowest BCUT2D eigenvalue weighted by Crippen LogP contribution is -2.48. The van der Waals surface area contributed by atoms with Gasteiger partial charge in [0, 0.05) is 23.1 Å². The second-order valence-electron chi connectivity index (χ2n) is 5.82. The third kappa shape index (κ3) is 4.27. The van der Waals surface area contributed by atoms with E-state index in [9.17, 15) is 9.18 Å². The Kier molecular flexibility index (Phi) is 5.76. The largest absolute Gasteiger partial charge is 0.335 e. The summed E-state index contributed by atoms with van der Waals surface area (Å²) < 4.78 is 14.7. The van der Waals surface area contributed by atoms with E-state index in [0.717, 1.165) is 13.0 Å². The molecule has 1 N–H and O–H groups in total. The monoisotopic (exact) mass is 356 g/mol. The van der Waals surface area contributed by atoms with E-state index in [0.29, 0.717) is 17.1 Å². The summed E-state index contributed by atoms with van der Waals surface area (Å²) in [6.07, 6.45) is 3.44. The van der Waals surface area contributed by atoms with Crippen molar-refractivity contribution in [3.05, 3.63) is 34.1 Å². The Hall–Kier alpha value is -0.940. The van der Waals surface area contributed by atoms with Gasteiger partial charge in [0.25, 0.3) is 5.91 Å². The average molecular weight is 357 g/mol. The van der Waals surface area contributed by atoms with Gasteiger partial charge in [0.1, 0.15) is 5.82 Å². The summed E-state index contributed by atoms with van der Waals surface area (Å²) in [7, 11) is 0. The summed E-state index contributed by atoms with van der Waals surface area (Å²) >= 11 is 3.22. The van der Waals surface area contributed by atoms with Crippen molar-refractivity contribution in [1.29, 1.82) is 0 Å². The van der Waals surface area contributed by atoms with E-state index in [1.54, 1.807) is 17.0 Å². The van der Waals surface area contributed by atoms with Gasteiger partial charge < -0.3 is 10.2 Å². The van der Waals surface area contributed by atoms with Crippen LogP contribution in [0.2, 0.25) is 0 Å². The predicted octanol–water partition coefficient (Wildman–Crippen LogP) is 3.58. The quantitative estimate of drug-likeness (QED) is 0.893. The number of benzene rings is 1. The van der Waals surface area contributed by atoms with Crippen molar-refractivity contribution < 1.29 is 9.18 Å². The second-order valence-corrected chi connectivity index (χ2v) is 6.74. The van der Waals surface area contributed by atoms with Crippen LogP contribution in [-0.4, -0.2) is 36.0 Å². The Morgan fingerprint density at radius 1 is 1.48 bits per heavy atom. The minimum atomic E-state index is -0.475. The third-order valence-corrected chi connectivity index (χ3v) is 4.37. The van der Waals surface area contributed by atoms with Gasteiger partial charge in [-0.15, -0.1) is 0 Å². The molecule has 1 amide bonds. The van der Waals surface area contributed by atoms with Crippen molar-refractivity contribution in [2.45, 2.75) is 45.2 Å². The zero-order valence-electron chi connectivity index (χ0n) is 12.5. The Labute approximate surface area is 134 Å². The number of carbonyl (C=O) groups is 1. The van der Waals surface area contributed by atoms with Crippen LogP contribution in [0.3, 0.4) is 0 Å². The molecular weight excluding hydrogens is 335 g/mol. The molecule has 1 fully saturated rings. The number of amides is 1. The Morgan fingerprint density at radius 3 is 2.81 bits per heavy atom. The molecule has 0 spiro atoms. The van der Waals surface area contributed by atoms with Gasteiger partial charge in [0.15, 0.2) is 0 Å². The summed E-state index contributed by atoms with van der Waals surface area (Å²) in [5.74, 6) is -0.709. The van der Waals surface area contributed by atoms with Crippen molar-refractivity contribution in [3.8, 4) is 0 Å². The first-order valence-corrected chi connectivity index (χ1v) is 8.27. The van der Waals surface area contributed by atoms with Gasteiger partial charge in [-0.3, -0.25) is 4.79 Å². The molecular formula is C16H22BrFN2O. The summed E-state index contributed by atoms with van der Waals surface area (Å²) in [6.45, 7) is 5.57. The van der Waals surface area contributed by atoms with Crippen LogP contribution in [0.15, 0.2) is 22.7 Å². The van der Waals surface area contributed by atoms with Gasteiger partial charge in [-0.2, -0.15) is 0 Å². The van der Waals surface area contributed by atoms with Gasteiger partial charge in [-0.1, -0.05) is 22.4 Å². The number of hydrogen-bond acceptors (Lipinski definition) is 2. The van der Waals surface area contributed by atoms with Crippen LogP contribution < -0.4 is 5.32 Å². The molecule has 1 aliphatic heterocycles. The predicted molar refractivity (Wildman–Crippen MR) is 85.9 cm³/mol. The number of rotatable bonds is 4. The fraction of sp³-hybridized carbons (Fsp3) is 0.562. The van der Waals surface area contributed by atoms with E-state index >= 15 is 0 Å². The summed E-state index contributed by atoms with van der Waals surface area (Å²) in [5, 5.41) is 3.44. The van der Waals surface area contributed by atoms with Crippen LogP contribution in [0.1, 0.15) is 43.5 Å². The maximum absolute atomic E-state index is 14.0. The van der Waals surface area contributed by atoms with Gasteiger partial charge in [0.05, 0.1) is 5.56 Å². The van der Waals surface area contributed by atoms with Gasteiger partial charge in [-0.25, -0.2) is 4.39 Å². The number of nitrogens with zero attached hydrogens (tertiary/aromatic N) is 1. The number of hydrogen-bond donors (Lipinski definition) is 1. The smallest absolute Gasteiger partial charge is 0.257 e. The fourth-order valence-electron chi connectivity index (χ4n) is 2.66. The molecule has 116 valence electrons. The lowest BCUT2D eigenvalue weighted by Gasteiger charge is -2.33. The van der Waals surface area contributed by atoms with Crippen LogP contribution in [0.25, 0.3) is 0 Å². The van der Waals surface area contributed by atoms with Crippen molar-refractivity contribution in [2.24, 2.45) is 0 Å². The highest BCUT2D eigenvalue weighted by molar-refractivity contribution is 9.10. The number of carbonyl (C=O) groups excluding carboxylic acids is 1. The topological polar surface area (TPSA) is 32.3 Å². The first-order chi connectivity index (χ1) is 9.99. The molecule has 0 bridgehead atoms. The zero-order valence-corrected chi connectivity index (χ0v) is 14.1. The number of halogens is 2. The highest BCUT2D eigenvalue weighted by Gasteiger charge is 2.25. The van der Waals surface area contributed by atoms with E-state index in [-0.39, 0.29) is 17.5 Å².